The highest BCUT2D eigenvalue weighted by Crippen LogP contribution is 2.20. The van der Waals surface area contributed by atoms with Gasteiger partial charge in [0.2, 0.25) is 0 Å². The molecule has 1 aromatic carbocycles. The molecule has 4 nitrogen and oxygen atoms in total. The Hall–Kier alpha value is -1.98. The number of carbonyl (C=O) groups is 2. The monoisotopic (exact) mass is 285 g/mol. The molecule has 0 spiro atoms. The first-order chi connectivity index (χ1) is 9.29. The zero-order valence-corrected chi connectivity index (χ0v) is 11.6. The average molecular weight is 285 g/mol. The number of carboxylic acid groups (broad SMARTS) is 1. The van der Waals surface area contributed by atoms with E-state index in [1.807, 2.05) is 0 Å². The van der Waals surface area contributed by atoms with E-state index in [9.17, 15) is 23.5 Å². The van der Waals surface area contributed by atoms with Crippen molar-refractivity contribution in [1.29, 1.82) is 0 Å². The van der Waals surface area contributed by atoms with Gasteiger partial charge in [0.15, 0.2) is 0 Å². The molecule has 0 heterocycles. The lowest BCUT2D eigenvalue weighted by molar-refractivity contribution is -0.144. The summed E-state index contributed by atoms with van der Waals surface area (Å²) in [6, 6.07) is 2.19. The first kappa shape index (κ1) is 16.1. The van der Waals surface area contributed by atoms with Crippen molar-refractivity contribution in [3.8, 4) is 0 Å². The van der Waals surface area contributed by atoms with E-state index < -0.39 is 34.6 Å². The molecule has 0 fully saturated rings. The van der Waals surface area contributed by atoms with Crippen LogP contribution in [0.4, 0.5) is 8.78 Å². The first-order valence-corrected chi connectivity index (χ1v) is 6.29. The van der Waals surface area contributed by atoms with E-state index in [-0.39, 0.29) is 18.4 Å². The lowest BCUT2D eigenvalue weighted by Gasteiger charge is -2.28. The molecular weight excluding hydrogens is 268 g/mol. The van der Waals surface area contributed by atoms with Crippen LogP contribution in [0.25, 0.3) is 0 Å². The molecule has 1 aromatic rings. The summed E-state index contributed by atoms with van der Waals surface area (Å²) in [7, 11) is 0. The molecule has 0 saturated heterocycles. The van der Waals surface area contributed by atoms with Crippen LogP contribution in [-0.2, 0) is 4.79 Å². The number of carboxylic acids is 1. The van der Waals surface area contributed by atoms with Crippen LogP contribution in [0, 0.1) is 18.6 Å². The number of aliphatic carboxylic acids is 1. The fraction of sp³-hybridized carbons (Fsp3) is 0.429. The molecule has 0 unspecified atom stereocenters. The molecule has 6 heteroatoms. The molecule has 0 aliphatic carbocycles. The smallest absolute Gasteiger partial charge is 0.329 e. The van der Waals surface area contributed by atoms with Crippen LogP contribution in [0.15, 0.2) is 12.1 Å². The van der Waals surface area contributed by atoms with Gasteiger partial charge in [-0.25, -0.2) is 13.6 Å². The van der Waals surface area contributed by atoms with Crippen molar-refractivity contribution in [1.82, 2.24) is 5.32 Å². The van der Waals surface area contributed by atoms with Gasteiger partial charge in [-0.2, -0.15) is 0 Å². The lowest BCUT2D eigenvalue weighted by Crippen LogP contribution is -2.54. The number of rotatable bonds is 5. The molecule has 0 bridgehead atoms. The van der Waals surface area contributed by atoms with Crippen molar-refractivity contribution in [2.24, 2.45) is 0 Å². The number of amides is 1. The van der Waals surface area contributed by atoms with Crippen molar-refractivity contribution in [2.45, 2.75) is 39.2 Å². The normalized spacial score (nSPS) is 11.2. The third-order valence-corrected chi connectivity index (χ3v) is 3.48. The zero-order valence-electron chi connectivity index (χ0n) is 11.6. The van der Waals surface area contributed by atoms with Crippen molar-refractivity contribution < 1.29 is 23.5 Å². The number of hydrogen-bond donors (Lipinski definition) is 2. The quantitative estimate of drug-likeness (QED) is 0.874. The van der Waals surface area contributed by atoms with E-state index >= 15 is 0 Å². The molecule has 0 aromatic heterocycles. The maximum atomic E-state index is 13.8. The second kappa shape index (κ2) is 5.98. The van der Waals surface area contributed by atoms with Crippen molar-refractivity contribution in [3.05, 3.63) is 34.9 Å². The van der Waals surface area contributed by atoms with Gasteiger partial charge in [-0.1, -0.05) is 19.9 Å². The summed E-state index contributed by atoms with van der Waals surface area (Å²) in [5.41, 5.74) is -2.16. The molecule has 1 rings (SSSR count). The Bertz CT molecular complexity index is 539. The minimum Gasteiger partial charge on any atom is -0.480 e. The van der Waals surface area contributed by atoms with Crippen LogP contribution in [0.3, 0.4) is 0 Å². The molecule has 2 N–H and O–H groups in total. The average Bonchev–Trinajstić information content (AvgIpc) is 2.40. The number of carbonyl (C=O) groups excluding carboxylic acids is 1. The van der Waals surface area contributed by atoms with Crippen molar-refractivity contribution in [3.63, 3.8) is 0 Å². The van der Waals surface area contributed by atoms with Crippen LogP contribution >= 0.6 is 0 Å². The molecule has 0 aliphatic heterocycles. The highest BCUT2D eigenvalue weighted by atomic mass is 19.1. The number of aryl methyl sites for hydroxylation is 1. The summed E-state index contributed by atoms with van der Waals surface area (Å²) < 4.78 is 27.5. The van der Waals surface area contributed by atoms with Gasteiger partial charge in [0.05, 0.1) is 0 Å². The summed E-state index contributed by atoms with van der Waals surface area (Å²) in [4.78, 5) is 23.3. The standard InChI is InChI=1S/C14H17F2NO3/c1-4-14(5-2,13(19)20)17-12(18)10-9(15)7-6-8(3)11(10)16/h6-7H,4-5H2,1-3H3,(H,17,18)(H,19,20). The summed E-state index contributed by atoms with van der Waals surface area (Å²) in [6.07, 6.45) is 0.221. The molecule has 0 saturated carbocycles. The number of halogens is 2. The Kier molecular flexibility index (Phi) is 4.81. The van der Waals surface area contributed by atoms with Crippen LogP contribution in [0.1, 0.15) is 42.6 Å². The molecule has 1 amide bonds. The molecule has 20 heavy (non-hydrogen) atoms. The van der Waals surface area contributed by atoms with Gasteiger partial charge in [0, 0.05) is 0 Å². The van der Waals surface area contributed by atoms with Crippen molar-refractivity contribution in [2.75, 3.05) is 0 Å². The predicted octanol–water partition coefficient (Wildman–Crippen LogP) is 2.65. The first-order valence-electron chi connectivity index (χ1n) is 6.29. The minimum absolute atomic E-state index is 0.111. The van der Waals surface area contributed by atoms with E-state index in [1.54, 1.807) is 13.8 Å². The van der Waals surface area contributed by atoms with Gasteiger partial charge in [-0.15, -0.1) is 0 Å². The van der Waals surface area contributed by atoms with Crippen LogP contribution < -0.4 is 5.32 Å². The van der Waals surface area contributed by atoms with E-state index in [4.69, 9.17) is 0 Å². The van der Waals surface area contributed by atoms with E-state index in [1.165, 1.54) is 13.0 Å². The summed E-state index contributed by atoms with van der Waals surface area (Å²) in [6.45, 7) is 4.57. The lowest BCUT2D eigenvalue weighted by atomic mass is 9.92. The SMILES string of the molecule is CCC(CC)(NC(=O)c1c(F)ccc(C)c1F)C(=O)O. The molecular formula is C14H17F2NO3. The third kappa shape index (κ3) is 2.79. The van der Waals surface area contributed by atoms with Gasteiger partial charge >= 0.3 is 5.97 Å². The number of benzene rings is 1. The van der Waals surface area contributed by atoms with Gasteiger partial charge in [0.25, 0.3) is 5.91 Å². The third-order valence-electron chi connectivity index (χ3n) is 3.48. The Balaban J connectivity index is 3.20. The van der Waals surface area contributed by atoms with Crippen LogP contribution in [-0.4, -0.2) is 22.5 Å². The van der Waals surface area contributed by atoms with Gasteiger partial charge < -0.3 is 10.4 Å². The van der Waals surface area contributed by atoms with E-state index in [0.29, 0.717) is 0 Å². The summed E-state index contributed by atoms with van der Waals surface area (Å²) in [5.74, 6) is -4.29. The van der Waals surface area contributed by atoms with Gasteiger partial charge in [-0.3, -0.25) is 4.79 Å². The Labute approximate surface area is 115 Å². The molecule has 0 radical (unpaired) electrons. The topological polar surface area (TPSA) is 66.4 Å². The minimum atomic E-state index is -1.53. The fourth-order valence-corrected chi connectivity index (χ4v) is 1.93. The molecule has 0 atom stereocenters. The van der Waals surface area contributed by atoms with Gasteiger partial charge in [0.1, 0.15) is 22.7 Å². The van der Waals surface area contributed by atoms with Crippen LogP contribution in [0.5, 0.6) is 0 Å². The number of nitrogens with one attached hydrogen (secondary N) is 1. The Morgan fingerprint density at radius 1 is 1.25 bits per heavy atom. The highest BCUT2D eigenvalue weighted by Gasteiger charge is 2.37. The maximum absolute atomic E-state index is 13.8. The number of hydrogen-bond acceptors (Lipinski definition) is 2. The zero-order chi connectivity index (χ0) is 15.5. The summed E-state index contributed by atoms with van der Waals surface area (Å²) >= 11 is 0. The second-order valence-electron chi connectivity index (χ2n) is 4.60. The van der Waals surface area contributed by atoms with Crippen molar-refractivity contribution >= 4 is 11.9 Å². The predicted molar refractivity (Wildman–Crippen MR) is 69.5 cm³/mol. The van der Waals surface area contributed by atoms with E-state index in [0.717, 1.165) is 6.07 Å². The summed E-state index contributed by atoms with van der Waals surface area (Å²) in [5, 5.41) is 11.4. The fourth-order valence-electron chi connectivity index (χ4n) is 1.93. The van der Waals surface area contributed by atoms with E-state index in [2.05, 4.69) is 5.32 Å². The molecule has 110 valence electrons. The molecule has 0 aliphatic rings. The van der Waals surface area contributed by atoms with Crippen LogP contribution in [0.2, 0.25) is 0 Å². The second-order valence-corrected chi connectivity index (χ2v) is 4.60. The van der Waals surface area contributed by atoms with Gasteiger partial charge in [-0.05, 0) is 31.4 Å². The largest absolute Gasteiger partial charge is 0.480 e. The highest BCUT2D eigenvalue weighted by molar-refractivity contribution is 5.98. The maximum Gasteiger partial charge on any atom is 0.329 e. The Morgan fingerprint density at radius 2 is 1.80 bits per heavy atom. The Morgan fingerprint density at radius 3 is 2.25 bits per heavy atom.